The van der Waals surface area contributed by atoms with Gasteiger partial charge in [-0.3, -0.25) is 9.59 Å². The number of rotatable bonds is 7. The van der Waals surface area contributed by atoms with Gasteiger partial charge in [0.1, 0.15) is 0 Å². The van der Waals surface area contributed by atoms with E-state index in [4.69, 9.17) is 0 Å². The monoisotopic (exact) mass is 370 g/mol. The minimum Gasteiger partial charge on any atom is -0.336 e. The van der Waals surface area contributed by atoms with E-state index in [-0.39, 0.29) is 18.4 Å². The summed E-state index contributed by atoms with van der Waals surface area (Å²) in [5.74, 6) is 0.928. The molecule has 0 radical (unpaired) electrons. The second-order valence-electron chi connectivity index (χ2n) is 6.55. The molecule has 5 heteroatoms. The number of carbonyl (C=O) groups excluding carboxylic acids is 2. The molecule has 0 bridgehead atoms. The van der Waals surface area contributed by atoms with Gasteiger partial charge in [0.15, 0.2) is 0 Å². The third-order valence-corrected chi connectivity index (χ3v) is 5.07. The first-order chi connectivity index (χ1) is 12.4. The molecular weight excluding hydrogens is 344 g/mol. The maximum atomic E-state index is 12.3. The maximum Gasteiger partial charge on any atom is 0.243 e. The second kappa shape index (κ2) is 9.43. The third kappa shape index (κ3) is 5.92. The lowest BCUT2D eigenvalue weighted by molar-refractivity contribution is -0.131. The summed E-state index contributed by atoms with van der Waals surface area (Å²) >= 11 is 1.56. The number of hydrogen-bond acceptors (Lipinski definition) is 3. The number of aryl methyl sites for hydroxylation is 3. The molecule has 0 aromatic heterocycles. The van der Waals surface area contributed by atoms with Gasteiger partial charge in [-0.05, 0) is 37.5 Å². The number of likely N-dealkylation sites (N-methyl/N-ethyl adjacent to an activating group) is 1. The predicted octanol–water partition coefficient (Wildman–Crippen LogP) is 3.94. The van der Waals surface area contributed by atoms with Crippen LogP contribution in [0.2, 0.25) is 0 Å². The molecule has 0 heterocycles. The van der Waals surface area contributed by atoms with Crippen LogP contribution in [0.25, 0.3) is 0 Å². The van der Waals surface area contributed by atoms with Gasteiger partial charge >= 0.3 is 0 Å². The van der Waals surface area contributed by atoms with Gasteiger partial charge in [0.05, 0.1) is 12.3 Å². The van der Waals surface area contributed by atoms with Crippen LogP contribution < -0.4 is 5.32 Å². The molecule has 0 saturated heterocycles. The molecule has 0 aliphatic rings. The van der Waals surface area contributed by atoms with Crippen molar-refractivity contribution in [2.24, 2.45) is 0 Å². The van der Waals surface area contributed by atoms with Crippen molar-refractivity contribution in [2.75, 3.05) is 24.7 Å². The topological polar surface area (TPSA) is 49.4 Å². The fourth-order valence-electron chi connectivity index (χ4n) is 2.80. The van der Waals surface area contributed by atoms with E-state index in [1.165, 1.54) is 16.0 Å². The summed E-state index contributed by atoms with van der Waals surface area (Å²) in [5, 5.41) is 2.93. The van der Waals surface area contributed by atoms with E-state index in [0.29, 0.717) is 5.75 Å². The molecular formula is C21H26N2O2S. The van der Waals surface area contributed by atoms with Crippen LogP contribution in [0, 0.1) is 20.8 Å². The minimum atomic E-state index is -0.177. The molecule has 2 aromatic rings. The Bertz CT molecular complexity index is 752. The van der Waals surface area contributed by atoms with Crippen molar-refractivity contribution in [3.05, 3.63) is 64.7 Å². The Morgan fingerprint density at radius 3 is 2.27 bits per heavy atom. The standard InChI is InChI=1S/C21H26N2O2S/c1-15-10-16(2)21(17(3)11-15)22-19(24)12-23(4)20(25)14-26-13-18-8-6-5-7-9-18/h5-11H,12-14H2,1-4H3,(H,22,24). The van der Waals surface area contributed by atoms with Crippen molar-refractivity contribution in [2.45, 2.75) is 26.5 Å². The van der Waals surface area contributed by atoms with E-state index in [2.05, 4.69) is 5.32 Å². The van der Waals surface area contributed by atoms with Crippen LogP contribution in [0.5, 0.6) is 0 Å². The summed E-state index contributed by atoms with van der Waals surface area (Å²) in [6.07, 6.45) is 0. The van der Waals surface area contributed by atoms with Crippen LogP contribution in [0.1, 0.15) is 22.3 Å². The van der Waals surface area contributed by atoms with E-state index >= 15 is 0 Å². The zero-order valence-electron chi connectivity index (χ0n) is 15.8. The van der Waals surface area contributed by atoms with E-state index in [1.54, 1.807) is 18.8 Å². The van der Waals surface area contributed by atoms with Gasteiger partial charge in [-0.2, -0.15) is 0 Å². The SMILES string of the molecule is Cc1cc(C)c(NC(=O)CN(C)C(=O)CSCc2ccccc2)c(C)c1. The first kappa shape index (κ1) is 20.0. The zero-order valence-corrected chi connectivity index (χ0v) is 16.7. The van der Waals surface area contributed by atoms with Crippen LogP contribution in [-0.4, -0.2) is 36.1 Å². The number of amides is 2. The summed E-state index contributed by atoms with van der Waals surface area (Å²) < 4.78 is 0. The molecule has 2 aromatic carbocycles. The van der Waals surface area contributed by atoms with Crippen LogP contribution in [-0.2, 0) is 15.3 Å². The summed E-state index contributed by atoms with van der Waals surface area (Å²) in [6.45, 7) is 6.04. The first-order valence-corrected chi connectivity index (χ1v) is 9.75. The first-order valence-electron chi connectivity index (χ1n) is 8.60. The van der Waals surface area contributed by atoms with Gasteiger partial charge in [0.25, 0.3) is 0 Å². The summed E-state index contributed by atoms with van der Waals surface area (Å²) in [5.41, 5.74) is 5.25. The third-order valence-electron chi connectivity index (χ3n) is 4.09. The molecule has 138 valence electrons. The molecule has 0 atom stereocenters. The number of anilines is 1. The zero-order chi connectivity index (χ0) is 19.1. The van der Waals surface area contributed by atoms with Gasteiger partial charge in [-0.15, -0.1) is 11.8 Å². The van der Waals surface area contributed by atoms with Crippen molar-refractivity contribution in [3.63, 3.8) is 0 Å². The van der Waals surface area contributed by atoms with E-state index in [1.807, 2.05) is 63.2 Å². The van der Waals surface area contributed by atoms with Crippen LogP contribution in [0.15, 0.2) is 42.5 Å². The molecule has 0 fully saturated rings. The number of nitrogens with zero attached hydrogens (tertiary/aromatic N) is 1. The highest BCUT2D eigenvalue weighted by Gasteiger charge is 2.14. The van der Waals surface area contributed by atoms with Crippen molar-refractivity contribution in [1.82, 2.24) is 4.90 Å². The average molecular weight is 371 g/mol. The number of benzene rings is 2. The van der Waals surface area contributed by atoms with Gasteiger partial charge < -0.3 is 10.2 Å². The van der Waals surface area contributed by atoms with Crippen molar-refractivity contribution in [1.29, 1.82) is 0 Å². The Labute approximate surface area is 160 Å². The summed E-state index contributed by atoms with van der Waals surface area (Å²) in [7, 11) is 1.67. The predicted molar refractivity (Wildman–Crippen MR) is 110 cm³/mol. The highest BCUT2D eigenvalue weighted by atomic mass is 32.2. The maximum absolute atomic E-state index is 12.3. The molecule has 1 N–H and O–H groups in total. The van der Waals surface area contributed by atoms with Crippen LogP contribution in [0.3, 0.4) is 0 Å². The summed E-state index contributed by atoms with van der Waals surface area (Å²) in [6, 6.07) is 14.1. The Kier molecular flexibility index (Phi) is 7.27. The Balaban J connectivity index is 1.82. The quantitative estimate of drug-likeness (QED) is 0.803. The molecule has 0 aliphatic heterocycles. The molecule has 4 nitrogen and oxygen atoms in total. The Hall–Kier alpha value is -2.27. The molecule has 26 heavy (non-hydrogen) atoms. The summed E-state index contributed by atoms with van der Waals surface area (Å²) in [4.78, 5) is 26.0. The smallest absolute Gasteiger partial charge is 0.243 e. The van der Waals surface area contributed by atoms with Gasteiger partial charge in [-0.25, -0.2) is 0 Å². The van der Waals surface area contributed by atoms with Gasteiger partial charge in [0.2, 0.25) is 11.8 Å². The van der Waals surface area contributed by atoms with Crippen molar-refractivity contribution in [3.8, 4) is 0 Å². The second-order valence-corrected chi connectivity index (χ2v) is 7.54. The molecule has 0 saturated carbocycles. The molecule has 2 rings (SSSR count). The van der Waals surface area contributed by atoms with E-state index in [0.717, 1.165) is 22.6 Å². The van der Waals surface area contributed by atoms with Crippen LogP contribution >= 0.6 is 11.8 Å². The minimum absolute atomic E-state index is 0.0431. The highest BCUT2D eigenvalue weighted by molar-refractivity contribution is 7.99. The molecule has 2 amide bonds. The lowest BCUT2D eigenvalue weighted by atomic mass is 10.1. The largest absolute Gasteiger partial charge is 0.336 e. The van der Waals surface area contributed by atoms with E-state index in [9.17, 15) is 9.59 Å². The molecule has 0 unspecified atom stereocenters. The van der Waals surface area contributed by atoms with E-state index < -0.39 is 0 Å². The van der Waals surface area contributed by atoms with Crippen molar-refractivity contribution >= 4 is 29.3 Å². The number of nitrogens with one attached hydrogen (secondary N) is 1. The van der Waals surface area contributed by atoms with Crippen molar-refractivity contribution < 1.29 is 9.59 Å². The van der Waals surface area contributed by atoms with Gasteiger partial charge in [-0.1, -0.05) is 48.0 Å². The number of hydrogen-bond donors (Lipinski definition) is 1. The Morgan fingerprint density at radius 2 is 1.65 bits per heavy atom. The Morgan fingerprint density at radius 1 is 1.04 bits per heavy atom. The average Bonchev–Trinajstić information content (AvgIpc) is 2.59. The lowest BCUT2D eigenvalue weighted by Gasteiger charge is -2.18. The normalized spacial score (nSPS) is 10.5. The molecule has 0 aliphatic carbocycles. The van der Waals surface area contributed by atoms with Gasteiger partial charge in [0, 0.05) is 18.5 Å². The molecule has 0 spiro atoms. The fourth-order valence-corrected chi connectivity index (χ4v) is 3.73. The number of carbonyl (C=O) groups is 2. The lowest BCUT2D eigenvalue weighted by Crippen LogP contribution is -2.36. The van der Waals surface area contributed by atoms with Crippen LogP contribution in [0.4, 0.5) is 5.69 Å². The number of thioether (sulfide) groups is 1. The highest BCUT2D eigenvalue weighted by Crippen LogP contribution is 2.21. The fraction of sp³-hybridized carbons (Fsp3) is 0.333.